The fourth-order valence-corrected chi connectivity index (χ4v) is 43.3. The molecule has 24 atom stereocenters. The highest BCUT2D eigenvalue weighted by Crippen LogP contribution is 2.67. The van der Waals surface area contributed by atoms with Gasteiger partial charge in [0.2, 0.25) is 0 Å². The molecule has 36 rings (SSSR count). The second-order valence-electron chi connectivity index (χ2n) is 60.0. The first-order valence-corrected chi connectivity index (χ1v) is 62.1. The van der Waals surface area contributed by atoms with E-state index in [0.29, 0.717) is 0 Å². The second-order valence-corrected chi connectivity index (χ2v) is 60.0. The molecule has 129 heavy (non-hydrogen) atoms. The minimum Gasteiger partial charge on any atom is -0.0651 e. The first-order valence-electron chi connectivity index (χ1n) is 62.1. The van der Waals surface area contributed by atoms with Crippen molar-refractivity contribution in [2.45, 2.75) is 547 Å². The molecule has 36 aliphatic carbocycles. The molecule has 36 fully saturated rings. The highest BCUT2D eigenvalue weighted by atomic mass is 14.6. The summed E-state index contributed by atoms with van der Waals surface area (Å²) >= 11 is 0. The smallest absolute Gasteiger partial charge is 0.0292 e. The summed E-state index contributed by atoms with van der Waals surface area (Å²) in [6, 6.07) is 0. The van der Waals surface area contributed by atoms with E-state index in [-0.39, 0.29) is 0 Å². The third kappa shape index (κ3) is 25.4. The molecule has 0 amide bonds. The summed E-state index contributed by atoms with van der Waals surface area (Å²) in [7, 11) is 0. The maximum Gasteiger partial charge on any atom is -0.0292 e. The van der Waals surface area contributed by atoms with Crippen molar-refractivity contribution < 1.29 is 0 Å². The summed E-state index contributed by atoms with van der Waals surface area (Å²) in [6.45, 7) is 36.9. The molecule has 0 nitrogen and oxygen atoms in total. The molecule has 0 aliphatic heterocycles. The van der Waals surface area contributed by atoms with Gasteiger partial charge in [0.25, 0.3) is 0 Å². The third-order valence-corrected chi connectivity index (χ3v) is 49.9. The van der Waals surface area contributed by atoms with E-state index in [1.807, 2.05) is 0 Å². The van der Waals surface area contributed by atoms with Gasteiger partial charge in [0.15, 0.2) is 0 Å². The SMILES string of the molecule is CC12CC3CC(CC(C3)C1)C2.CC12CC3CC(CC1C3)C2.CC12CCCC(CCC1)C2.CC1C2CC3CC(C2)C1C3.CC1C2CC3CC(C2)CC1C3.CC1C2CCCC1CCC2.CC1CC2CC(C1)C2.CC1CC2CCC1C2.CC1CC2CCC1C2.CC1CC2CCC1CC2.CC1CCC2CCCC1C2.CCC1CC2CCC(C)C(C1)C2.CCC1CC2CCCC(C)(C1)C2. The van der Waals surface area contributed by atoms with Crippen molar-refractivity contribution in [3.63, 3.8) is 0 Å². The summed E-state index contributed by atoms with van der Waals surface area (Å²) in [5, 5.41) is 0. The molecule has 0 aromatic rings. The van der Waals surface area contributed by atoms with Gasteiger partial charge in [-0.05, 0) is 547 Å². The average Bonchev–Trinajstić information content (AvgIpc) is 1.59. The number of rotatable bonds is 2. The van der Waals surface area contributed by atoms with Crippen molar-refractivity contribution in [1.82, 2.24) is 0 Å². The van der Waals surface area contributed by atoms with Crippen LogP contribution in [0.4, 0.5) is 0 Å². The standard InChI is InChI=1S/2C12H22.2C11H18.2C10H16.3C10H18.C9H16.3C8H14/c1-3-10-6-11-5-4-9(2)12(7-10)8-11;1-3-10-7-11-5-4-6-12(2,8-10)9-11;1-11-5-8-2-9(6-11)4-10(3-8)7-11;1-7-10-3-8-2-9(5-10)6-11(7)4-8;1-10-5-7-2-8(6-10)4-9(10)3-7;1-6-8-2-7-3-9(5-8)10(6)4-7;1-10-6-2-4-9(8-10)5-3-7-10;1-8-9-4-2-5-10(8)7-3-6-9;1-8-5-6-9-3-2-4-10(8)7-9;1-7-6-8-2-4-9(7)5-3-8;1-6-2-7-4-8(3-6)5-7;2*1-6-4-7-2-3-8(6)5-7/h9-12H,3-8H2,1-2H3;10-11H,3-9H2,1-2H3;8-10H,2-7H2,1H3;7-11H,2-6H2,1H3;7-9H,2-6H2,1H3;6-10H,2-5H2,1H3;9H,2-8H2,1H3;2*8-10H,2-7H2,1H3;7-9H,2-6H2,1H3;3*6-8H,2-5H2,1H3. The van der Waals surface area contributed by atoms with E-state index < -0.39 is 0 Å². The second kappa shape index (κ2) is 44.2. The zero-order valence-corrected chi connectivity index (χ0v) is 89.5. The van der Waals surface area contributed by atoms with Crippen LogP contribution in [-0.2, 0) is 0 Å². The van der Waals surface area contributed by atoms with Crippen molar-refractivity contribution in [3.8, 4) is 0 Å². The molecule has 0 heteroatoms. The first-order chi connectivity index (χ1) is 62.1. The highest BCUT2D eigenvalue weighted by Gasteiger charge is 2.56. The molecular formula is C129H224. The predicted octanol–water partition coefficient (Wildman–Crippen LogP) is 39.7. The molecule has 0 N–H and O–H groups in total. The monoisotopic (exact) mass is 1770 g/mol. The minimum absolute atomic E-state index is 0.752. The van der Waals surface area contributed by atoms with Gasteiger partial charge in [-0.2, -0.15) is 0 Å². The molecule has 34 bridgehead atoms. The predicted molar refractivity (Wildman–Crippen MR) is 557 cm³/mol. The first kappa shape index (κ1) is 99.2. The lowest BCUT2D eigenvalue weighted by Gasteiger charge is -2.55. The topological polar surface area (TPSA) is 0 Å². The minimum atomic E-state index is 0.752. The summed E-state index contributed by atoms with van der Waals surface area (Å²) in [5.74, 6) is 46.0. The number of hydrogen-bond donors (Lipinski definition) is 0. The van der Waals surface area contributed by atoms with Crippen LogP contribution in [0.1, 0.15) is 547 Å². The molecule has 0 spiro atoms. The van der Waals surface area contributed by atoms with E-state index in [4.69, 9.17) is 0 Å². The van der Waals surface area contributed by atoms with Gasteiger partial charge in [-0.25, -0.2) is 0 Å². The quantitative estimate of drug-likeness (QED) is 0.259. The fourth-order valence-electron chi connectivity index (χ4n) is 43.3. The maximum atomic E-state index is 2.54. The number of fused-ring (bicyclic) bond motifs is 19. The Balaban J connectivity index is 0.0000000944. The Morgan fingerprint density at radius 1 is 0.186 bits per heavy atom. The van der Waals surface area contributed by atoms with E-state index >= 15 is 0 Å². The van der Waals surface area contributed by atoms with Crippen LogP contribution in [0.25, 0.3) is 0 Å². The van der Waals surface area contributed by atoms with Gasteiger partial charge in [0.05, 0.1) is 0 Å². The van der Waals surface area contributed by atoms with Crippen molar-refractivity contribution in [3.05, 3.63) is 0 Å². The van der Waals surface area contributed by atoms with Crippen LogP contribution in [0.5, 0.6) is 0 Å². The Bertz CT molecular complexity index is 3160. The van der Waals surface area contributed by atoms with E-state index in [1.165, 1.54) is 185 Å². The largest absolute Gasteiger partial charge is 0.0651 e. The lowest BCUT2D eigenvalue weighted by Crippen LogP contribution is -2.44. The van der Waals surface area contributed by atoms with Crippen LogP contribution in [-0.4, -0.2) is 0 Å². The fraction of sp³-hybridized carbons (Fsp3) is 1.00. The van der Waals surface area contributed by atoms with Crippen LogP contribution < -0.4 is 0 Å². The van der Waals surface area contributed by atoms with Gasteiger partial charge < -0.3 is 0 Å². The summed E-state index contributed by atoms with van der Waals surface area (Å²) in [4.78, 5) is 0. The molecule has 0 heterocycles. The van der Waals surface area contributed by atoms with Crippen molar-refractivity contribution >= 4 is 0 Å². The van der Waals surface area contributed by atoms with Crippen LogP contribution in [0, 0.1) is 264 Å². The van der Waals surface area contributed by atoms with Gasteiger partial charge in [0, 0.05) is 0 Å². The highest BCUT2D eigenvalue weighted by molar-refractivity contribution is 5.07. The Hall–Kier alpha value is 0. The Kier molecular flexibility index (Phi) is 34.0. The van der Waals surface area contributed by atoms with E-state index in [1.54, 1.807) is 276 Å². The number of hydrogen-bond acceptors (Lipinski definition) is 0. The normalized spacial score (nSPS) is 53.3. The molecule has 36 saturated carbocycles. The molecule has 0 radical (unpaired) electrons. The Morgan fingerprint density at radius 3 is 0.946 bits per heavy atom. The lowest BCUT2D eigenvalue weighted by molar-refractivity contribution is -0.0411. The van der Waals surface area contributed by atoms with Gasteiger partial charge >= 0.3 is 0 Å². The van der Waals surface area contributed by atoms with Gasteiger partial charge in [-0.1, -0.05) is 264 Å². The Morgan fingerprint density at radius 2 is 0.543 bits per heavy atom. The van der Waals surface area contributed by atoms with Crippen molar-refractivity contribution in [2.24, 2.45) is 264 Å². The van der Waals surface area contributed by atoms with Crippen LogP contribution in [0.15, 0.2) is 0 Å². The van der Waals surface area contributed by atoms with Crippen molar-refractivity contribution in [1.29, 1.82) is 0 Å². The molecule has 740 valence electrons. The molecule has 0 saturated heterocycles. The summed E-state index contributed by atoms with van der Waals surface area (Å²) < 4.78 is 0. The van der Waals surface area contributed by atoms with E-state index in [0.717, 1.165) is 247 Å². The van der Waals surface area contributed by atoms with E-state index in [9.17, 15) is 0 Å². The molecule has 0 aromatic heterocycles. The van der Waals surface area contributed by atoms with Crippen molar-refractivity contribution in [2.75, 3.05) is 0 Å². The third-order valence-electron chi connectivity index (χ3n) is 49.9. The summed E-state index contributed by atoms with van der Waals surface area (Å²) in [5.41, 5.74) is 3.16. The molecule has 24 unspecified atom stereocenters. The average molecular weight is 1780 g/mol. The lowest BCUT2D eigenvalue weighted by atomic mass is 9.50. The molecular weight excluding hydrogens is 1550 g/mol. The Labute approximate surface area is 805 Å². The molecule has 36 aliphatic rings. The maximum absolute atomic E-state index is 2.54. The van der Waals surface area contributed by atoms with Crippen LogP contribution in [0.2, 0.25) is 0 Å². The van der Waals surface area contributed by atoms with Crippen LogP contribution >= 0.6 is 0 Å². The van der Waals surface area contributed by atoms with Gasteiger partial charge in [0.1, 0.15) is 0 Å². The van der Waals surface area contributed by atoms with Crippen LogP contribution in [0.3, 0.4) is 0 Å². The molecule has 0 aromatic carbocycles. The zero-order valence-electron chi connectivity index (χ0n) is 89.5. The summed E-state index contributed by atoms with van der Waals surface area (Å²) in [6.07, 6.45) is 107. The van der Waals surface area contributed by atoms with Gasteiger partial charge in [-0.15, -0.1) is 0 Å². The zero-order chi connectivity index (χ0) is 89.5. The van der Waals surface area contributed by atoms with E-state index in [2.05, 4.69) is 104 Å². The van der Waals surface area contributed by atoms with Gasteiger partial charge in [-0.3, -0.25) is 0 Å².